The minimum atomic E-state index is -0.0101. The van der Waals surface area contributed by atoms with Crippen molar-refractivity contribution in [1.82, 2.24) is 14.5 Å². The number of aromatic nitrogens is 2. The number of benzene rings is 1. The lowest BCUT2D eigenvalue weighted by Gasteiger charge is -2.25. The van der Waals surface area contributed by atoms with E-state index in [0.717, 1.165) is 11.3 Å². The zero-order valence-electron chi connectivity index (χ0n) is 15.1. The number of hydrogen-bond donors (Lipinski definition) is 0. The molecule has 4 nitrogen and oxygen atoms in total. The molecule has 0 N–H and O–H groups in total. The fourth-order valence-electron chi connectivity index (χ4n) is 3.07. The summed E-state index contributed by atoms with van der Waals surface area (Å²) < 4.78 is 2.18. The van der Waals surface area contributed by atoms with Gasteiger partial charge in [0, 0.05) is 42.1 Å². The molecule has 2 aromatic heterocycles. The van der Waals surface area contributed by atoms with Crippen LogP contribution in [0.1, 0.15) is 40.3 Å². The van der Waals surface area contributed by atoms with Gasteiger partial charge in [0.25, 0.3) is 5.91 Å². The monoisotopic (exact) mass is 333 g/mol. The molecule has 128 valence electrons. The van der Waals surface area contributed by atoms with Crippen molar-refractivity contribution in [2.45, 2.75) is 26.8 Å². The van der Waals surface area contributed by atoms with Crippen molar-refractivity contribution >= 4 is 5.91 Å². The SMILES string of the molecule is Cc1ccc(C)n1-c1ccc(C(=O)N(C)C(C)c2ccncc2)cc1. The van der Waals surface area contributed by atoms with Crippen LogP contribution in [0, 0.1) is 13.8 Å². The Labute approximate surface area is 148 Å². The summed E-state index contributed by atoms with van der Waals surface area (Å²) in [5.74, 6) is 0.0109. The molecule has 2 heterocycles. The number of carbonyl (C=O) groups is 1. The van der Waals surface area contributed by atoms with Gasteiger partial charge in [0.1, 0.15) is 0 Å². The van der Waals surface area contributed by atoms with Crippen molar-refractivity contribution in [2.24, 2.45) is 0 Å². The predicted octanol–water partition coefficient (Wildman–Crippen LogP) is 4.32. The lowest BCUT2D eigenvalue weighted by atomic mass is 10.1. The summed E-state index contributed by atoms with van der Waals surface area (Å²) in [4.78, 5) is 18.6. The van der Waals surface area contributed by atoms with Crippen LogP contribution in [0.4, 0.5) is 0 Å². The normalized spacial score (nSPS) is 12.0. The van der Waals surface area contributed by atoms with E-state index in [9.17, 15) is 4.79 Å². The van der Waals surface area contributed by atoms with Gasteiger partial charge in [-0.15, -0.1) is 0 Å². The summed E-state index contributed by atoms with van der Waals surface area (Å²) in [6.45, 7) is 6.18. The van der Waals surface area contributed by atoms with Crippen LogP contribution in [-0.2, 0) is 0 Å². The average molecular weight is 333 g/mol. The number of amides is 1. The summed E-state index contributed by atoms with van der Waals surface area (Å²) in [6.07, 6.45) is 3.50. The number of rotatable bonds is 4. The van der Waals surface area contributed by atoms with E-state index in [1.807, 2.05) is 50.4 Å². The minimum Gasteiger partial charge on any atom is -0.335 e. The Balaban J connectivity index is 1.81. The zero-order valence-corrected chi connectivity index (χ0v) is 15.1. The highest BCUT2D eigenvalue weighted by atomic mass is 16.2. The molecule has 0 aliphatic heterocycles. The molecule has 0 aliphatic carbocycles. The maximum Gasteiger partial charge on any atom is 0.254 e. The van der Waals surface area contributed by atoms with Gasteiger partial charge in [0.05, 0.1) is 6.04 Å². The van der Waals surface area contributed by atoms with Crippen molar-refractivity contribution in [2.75, 3.05) is 7.05 Å². The van der Waals surface area contributed by atoms with Gasteiger partial charge >= 0.3 is 0 Å². The van der Waals surface area contributed by atoms with Crippen LogP contribution in [0.2, 0.25) is 0 Å². The van der Waals surface area contributed by atoms with E-state index in [0.29, 0.717) is 5.56 Å². The van der Waals surface area contributed by atoms with Gasteiger partial charge in [-0.25, -0.2) is 0 Å². The number of hydrogen-bond acceptors (Lipinski definition) is 2. The van der Waals surface area contributed by atoms with E-state index in [1.165, 1.54) is 11.4 Å². The topological polar surface area (TPSA) is 38.1 Å². The third-order valence-corrected chi connectivity index (χ3v) is 4.73. The first-order valence-corrected chi connectivity index (χ1v) is 8.41. The van der Waals surface area contributed by atoms with Crippen molar-refractivity contribution in [1.29, 1.82) is 0 Å². The fourth-order valence-corrected chi connectivity index (χ4v) is 3.07. The van der Waals surface area contributed by atoms with Gasteiger partial charge in [-0.05, 0) is 74.9 Å². The quantitative estimate of drug-likeness (QED) is 0.713. The Kier molecular flexibility index (Phi) is 4.70. The van der Waals surface area contributed by atoms with Crippen LogP contribution in [0.25, 0.3) is 5.69 Å². The van der Waals surface area contributed by atoms with Gasteiger partial charge in [-0.3, -0.25) is 9.78 Å². The third kappa shape index (κ3) is 3.33. The number of nitrogens with zero attached hydrogens (tertiary/aromatic N) is 3. The molecule has 25 heavy (non-hydrogen) atoms. The molecule has 1 atom stereocenters. The molecule has 4 heteroatoms. The zero-order chi connectivity index (χ0) is 18.0. The van der Waals surface area contributed by atoms with E-state index in [4.69, 9.17) is 0 Å². The Morgan fingerprint density at radius 1 is 0.960 bits per heavy atom. The summed E-state index contributed by atoms with van der Waals surface area (Å²) >= 11 is 0. The van der Waals surface area contributed by atoms with E-state index in [2.05, 4.69) is 35.5 Å². The van der Waals surface area contributed by atoms with Crippen molar-refractivity contribution in [3.8, 4) is 5.69 Å². The molecule has 0 saturated carbocycles. The molecule has 0 fully saturated rings. The van der Waals surface area contributed by atoms with E-state index in [1.54, 1.807) is 17.3 Å². The molecule has 0 aliphatic rings. The molecule has 3 rings (SSSR count). The largest absolute Gasteiger partial charge is 0.335 e. The first kappa shape index (κ1) is 17.0. The Morgan fingerprint density at radius 3 is 2.08 bits per heavy atom. The molecule has 0 radical (unpaired) electrons. The molecule has 0 spiro atoms. The molecule has 1 amide bonds. The fraction of sp³-hybridized carbons (Fsp3) is 0.238. The highest BCUT2D eigenvalue weighted by Gasteiger charge is 2.19. The molecule has 0 saturated heterocycles. The highest BCUT2D eigenvalue weighted by molar-refractivity contribution is 5.94. The standard InChI is InChI=1S/C21H23N3O/c1-15-5-6-16(2)24(15)20-9-7-19(8-10-20)21(25)23(4)17(3)18-11-13-22-14-12-18/h5-14,17H,1-4H3. The van der Waals surface area contributed by atoms with Crippen LogP contribution in [0.3, 0.4) is 0 Å². The number of aryl methyl sites for hydroxylation is 2. The Hall–Kier alpha value is -2.88. The Bertz CT molecular complexity index is 846. The summed E-state index contributed by atoms with van der Waals surface area (Å²) in [5, 5.41) is 0. The molecule has 0 bridgehead atoms. The van der Waals surface area contributed by atoms with Crippen molar-refractivity contribution in [3.63, 3.8) is 0 Å². The first-order chi connectivity index (χ1) is 12.0. The van der Waals surface area contributed by atoms with E-state index in [-0.39, 0.29) is 11.9 Å². The maximum atomic E-state index is 12.8. The van der Waals surface area contributed by atoms with Gasteiger partial charge in [0.15, 0.2) is 0 Å². The van der Waals surface area contributed by atoms with Crippen LogP contribution in [-0.4, -0.2) is 27.4 Å². The predicted molar refractivity (Wildman–Crippen MR) is 100.0 cm³/mol. The average Bonchev–Trinajstić information content (AvgIpc) is 2.99. The molecule has 1 aromatic carbocycles. The van der Waals surface area contributed by atoms with Gasteiger partial charge in [0.2, 0.25) is 0 Å². The summed E-state index contributed by atoms with van der Waals surface area (Å²) in [6, 6.07) is 15.8. The minimum absolute atomic E-state index is 0.0101. The van der Waals surface area contributed by atoms with Crippen LogP contribution in [0.5, 0.6) is 0 Å². The second-order valence-electron chi connectivity index (χ2n) is 6.37. The van der Waals surface area contributed by atoms with Crippen LogP contribution in [0.15, 0.2) is 60.9 Å². The van der Waals surface area contributed by atoms with Gasteiger partial charge < -0.3 is 9.47 Å². The summed E-state index contributed by atoms with van der Waals surface area (Å²) in [5.41, 5.74) is 5.19. The lowest BCUT2D eigenvalue weighted by Crippen LogP contribution is -2.29. The lowest BCUT2D eigenvalue weighted by molar-refractivity contribution is 0.0742. The Morgan fingerprint density at radius 2 is 1.52 bits per heavy atom. The maximum absolute atomic E-state index is 12.8. The first-order valence-electron chi connectivity index (χ1n) is 8.41. The van der Waals surface area contributed by atoms with Crippen LogP contribution >= 0.6 is 0 Å². The molecular formula is C21H23N3O. The van der Waals surface area contributed by atoms with Crippen molar-refractivity contribution in [3.05, 3.63) is 83.4 Å². The smallest absolute Gasteiger partial charge is 0.254 e. The number of carbonyl (C=O) groups excluding carboxylic acids is 1. The second-order valence-corrected chi connectivity index (χ2v) is 6.37. The molecule has 1 unspecified atom stereocenters. The van der Waals surface area contributed by atoms with Crippen LogP contribution < -0.4 is 0 Å². The van der Waals surface area contributed by atoms with Gasteiger partial charge in [-0.2, -0.15) is 0 Å². The highest BCUT2D eigenvalue weighted by Crippen LogP contribution is 2.21. The summed E-state index contributed by atoms with van der Waals surface area (Å²) in [7, 11) is 1.83. The van der Waals surface area contributed by atoms with E-state index < -0.39 is 0 Å². The second kappa shape index (κ2) is 6.93. The van der Waals surface area contributed by atoms with Crippen molar-refractivity contribution < 1.29 is 4.79 Å². The van der Waals surface area contributed by atoms with E-state index >= 15 is 0 Å². The van der Waals surface area contributed by atoms with Gasteiger partial charge in [-0.1, -0.05) is 0 Å². The molecular weight excluding hydrogens is 310 g/mol. The number of pyridine rings is 1. The third-order valence-electron chi connectivity index (χ3n) is 4.73. The molecule has 3 aromatic rings.